The lowest BCUT2D eigenvalue weighted by Gasteiger charge is -2.28. The second-order valence-corrected chi connectivity index (χ2v) is 5.98. The molecule has 0 saturated carbocycles. The molecule has 2 aromatic carbocycles. The smallest absolute Gasteiger partial charge is 0.0424 e. The molecule has 0 aliphatic rings. The van der Waals surface area contributed by atoms with E-state index in [4.69, 9.17) is 17.3 Å². The van der Waals surface area contributed by atoms with Crippen molar-refractivity contribution in [2.24, 2.45) is 5.73 Å². The van der Waals surface area contributed by atoms with Crippen LogP contribution in [-0.2, 0) is 12.0 Å². The molecule has 1 unspecified atom stereocenters. The normalized spacial score (nSPS) is 14.2. The Hall–Kier alpha value is -1.31. The van der Waals surface area contributed by atoms with Gasteiger partial charge in [0.05, 0.1) is 0 Å². The van der Waals surface area contributed by atoms with Gasteiger partial charge in [-0.3, -0.25) is 0 Å². The van der Waals surface area contributed by atoms with Gasteiger partial charge in [0.25, 0.3) is 0 Å². The van der Waals surface area contributed by atoms with Crippen LogP contribution in [0.3, 0.4) is 0 Å². The Labute approximate surface area is 120 Å². The lowest BCUT2D eigenvalue weighted by molar-refractivity contribution is 0.488. The van der Waals surface area contributed by atoms with Crippen molar-refractivity contribution in [3.63, 3.8) is 0 Å². The van der Waals surface area contributed by atoms with Crippen LogP contribution in [-0.4, -0.2) is 0 Å². The predicted octanol–water partition coefficient (Wildman–Crippen LogP) is 4.37. The summed E-state index contributed by atoms with van der Waals surface area (Å²) in [4.78, 5) is 0. The van der Waals surface area contributed by atoms with E-state index in [0.717, 1.165) is 11.4 Å². The third-order valence-electron chi connectivity index (χ3n) is 3.47. The summed E-state index contributed by atoms with van der Waals surface area (Å²) in [5.74, 6) is 0. The molecule has 2 heteroatoms. The van der Waals surface area contributed by atoms with E-state index in [1.165, 1.54) is 22.3 Å². The van der Waals surface area contributed by atoms with Gasteiger partial charge in [-0.2, -0.15) is 0 Å². The maximum atomic E-state index is 6.55. The topological polar surface area (TPSA) is 26.0 Å². The van der Waals surface area contributed by atoms with Gasteiger partial charge in [-0.1, -0.05) is 47.5 Å². The van der Waals surface area contributed by atoms with Gasteiger partial charge in [0.1, 0.15) is 0 Å². The Morgan fingerprint density at radius 2 is 1.84 bits per heavy atom. The maximum absolute atomic E-state index is 6.55. The van der Waals surface area contributed by atoms with E-state index in [-0.39, 0.29) is 5.54 Å². The Kier molecular flexibility index (Phi) is 3.98. The van der Waals surface area contributed by atoms with Crippen LogP contribution in [0, 0.1) is 13.8 Å². The van der Waals surface area contributed by atoms with Crippen molar-refractivity contribution in [1.82, 2.24) is 0 Å². The summed E-state index contributed by atoms with van der Waals surface area (Å²) in [5.41, 5.74) is 11.0. The van der Waals surface area contributed by atoms with Crippen LogP contribution in [0.4, 0.5) is 0 Å². The second-order valence-electron chi connectivity index (χ2n) is 5.54. The van der Waals surface area contributed by atoms with E-state index in [2.05, 4.69) is 45.0 Å². The van der Waals surface area contributed by atoms with Crippen molar-refractivity contribution < 1.29 is 0 Å². The Morgan fingerprint density at radius 1 is 1.11 bits per heavy atom. The fraction of sp³-hybridized carbons (Fsp3) is 0.294. The zero-order valence-electron chi connectivity index (χ0n) is 11.7. The van der Waals surface area contributed by atoms with Gasteiger partial charge >= 0.3 is 0 Å². The summed E-state index contributed by atoms with van der Waals surface area (Å²) in [6.45, 7) is 6.28. The molecule has 100 valence electrons. The molecular weight excluding hydrogens is 254 g/mol. The van der Waals surface area contributed by atoms with Gasteiger partial charge in [-0.15, -0.1) is 0 Å². The SMILES string of the molecule is Cc1ccc(C)c(C(C)(N)Cc2cccc(Cl)c2)c1. The van der Waals surface area contributed by atoms with Crippen molar-refractivity contribution >= 4 is 11.6 Å². The van der Waals surface area contributed by atoms with Crippen LogP contribution < -0.4 is 5.73 Å². The van der Waals surface area contributed by atoms with Crippen LogP contribution >= 0.6 is 11.6 Å². The largest absolute Gasteiger partial charge is 0.321 e. The van der Waals surface area contributed by atoms with Gasteiger partial charge in [0.2, 0.25) is 0 Å². The van der Waals surface area contributed by atoms with Gasteiger partial charge < -0.3 is 5.73 Å². The molecule has 2 N–H and O–H groups in total. The number of hydrogen-bond acceptors (Lipinski definition) is 1. The van der Waals surface area contributed by atoms with E-state index in [9.17, 15) is 0 Å². The average Bonchev–Trinajstić information content (AvgIpc) is 2.31. The van der Waals surface area contributed by atoms with Crippen molar-refractivity contribution in [2.45, 2.75) is 32.7 Å². The zero-order chi connectivity index (χ0) is 14.0. The standard InChI is InChI=1S/C17H20ClN/c1-12-7-8-13(2)16(9-12)17(3,19)11-14-5-4-6-15(18)10-14/h4-10H,11,19H2,1-3H3. The van der Waals surface area contributed by atoms with E-state index in [0.29, 0.717) is 0 Å². The van der Waals surface area contributed by atoms with E-state index in [1.54, 1.807) is 0 Å². The maximum Gasteiger partial charge on any atom is 0.0424 e. The van der Waals surface area contributed by atoms with Gasteiger partial charge in [0.15, 0.2) is 0 Å². The first-order chi connectivity index (χ1) is 8.88. The Bertz CT molecular complexity index is 588. The third kappa shape index (κ3) is 3.37. The van der Waals surface area contributed by atoms with Crippen LogP contribution in [0.2, 0.25) is 5.02 Å². The van der Waals surface area contributed by atoms with Gasteiger partial charge in [-0.25, -0.2) is 0 Å². The highest BCUT2D eigenvalue weighted by molar-refractivity contribution is 6.30. The van der Waals surface area contributed by atoms with Crippen LogP contribution in [0.1, 0.15) is 29.2 Å². The number of hydrogen-bond donors (Lipinski definition) is 1. The summed E-state index contributed by atoms with van der Waals surface area (Å²) >= 11 is 6.04. The molecule has 0 aliphatic heterocycles. The first-order valence-corrected chi connectivity index (χ1v) is 6.87. The molecule has 0 fully saturated rings. The average molecular weight is 274 g/mol. The molecule has 0 radical (unpaired) electrons. The summed E-state index contributed by atoms with van der Waals surface area (Å²) < 4.78 is 0. The number of benzene rings is 2. The van der Waals surface area contributed by atoms with E-state index < -0.39 is 0 Å². The fourth-order valence-electron chi connectivity index (χ4n) is 2.52. The van der Waals surface area contributed by atoms with Crippen molar-refractivity contribution in [1.29, 1.82) is 0 Å². The van der Waals surface area contributed by atoms with Crippen LogP contribution in [0.15, 0.2) is 42.5 Å². The number of halogens is 1. The molecule has 0 spiro atoms. The minimum absolute atomic E-state index is 0.388. The minimum atomic E-state index is -0.388. The molecule has 0 heterocycles. The Morgan fingerprint density at radius 3 is 2.53 bits per heavy atom. The third-order valence-corrected chi connectivity index (χ3v) is 3.70. The molecule has 0 aromatic heterocycles. The first kappa shape index (κ1) is 14.1. The highest BCUT2D eigenvalue weighted by Crippen LogP contribution is 2.27. The molecule has 2 aromatic rings. The monoisotopic (exact) mass is 273 g/mol. The molecule has 1 atom stereocenters. The molecular formula is C17H20ClN. The zero-order valence-corrected chi connectivity index (χ0v) is 12.5. The molecule has 2 rings (SSSR count). The molecule has 1 nitrogen and oxygen atoms in total. The Balaban J connectivity index is 2.34. The number of nitrogens with two attached hydrogens (primary N) is 1. The van der Waals surface area contributed by atoms with E-state index >= 15 is 0 Å². The molecule has 0 bridgehead atoms. The molecule has 0 saturated heterocycles. The van der Waals surface area contributed by atoms with Gasteiger partial charge in [0, 0.05) is 10.6 Å². The summed E-state index contributed by atoms with van der Waals surface area (Å²) in [6.07, 6.45) is 0.776. The van der Waals surface area contributed by atoms with E-state index in [1.807, 2.05) is 18.2 Å². The quantitative estimate of drug-likeness (QED) is 0.883. The highest BCUT2D eigenvalue weighted by atomic mass is 35.5. The molecule has 0 amide bonds. The van der Waals surface area contributed by atoms with Crippen molar-refractivity contribution in [2.75, 3.05) is 0 Å². The number of rotatable bonds is 3. The lowest BCUT2D eigenvalue weighted by Crippen LogP contribution is -2.36. The van der Waals surface area contributed by atoms with Crippen molar-refractivity contribution in [3.8, 4) is 0 Å². The lowest BCUT2D eigenvalue weighted by atomic mass is 9.83. The number of aryl methyl sites for hydroxylation is 2. The molecule has 19 heavy (non-hydrogen) atoms. The summed E-state index contributed by atoms with van der Waals surface area (Å²) in [5, 5.41) is 0.759. The summed E-state index contributed by atoms with van der Waals surface area (Å²) in [7, 11) is 0. The second kappa shape index (κ2) is 5.36. The van der Waals surface area contributed by atoms with Crippen LogP contribution in [0.25, 0.3) is 0 Å². The van der Waals surface area contributed by atoms with Crippen molar-refractivity contribution in [3.05, 3.63) is 69.7 Å². The predicted molar refractivity (Wildman–Crippen MR) is 82.6 cm³/mol. The molecule has 0 aliphatic carbocycles. The summed E-state index contributed by atoms with van der Waals surface area (Å²) in [6, 6.07) is 14.3. The van der Waals surface area contributed by atoms with Crippen LogP contribution in [0.5, 0.6) is 0 Å². The van der Waals surface area contributed by atoms with Gasteiger partial charge in [-0.05, 0) is 56.0 Å². The fourth-order valence-corrected chi connectivity index (χ4v) is 2.73. The first-order valence-electron chi connectivity index (χ1n) is 6.49. The highest BCUT2D eigenvalue weighted by Gasteiger charge is 2.23. The minimum Gasteiger partial charge on any atom is -0.321 e.